The highest BCUT2D eigenvalue weighted by Gasteiger charge is 2.09. The van der Waals surface area contributed by atoms with Gasteiger partial charge in [0.05, 0.1) is 35.4 Å². The van der Waals surface area contributed by atoms with Crippen molar-refractivity contribution in [2.45, 2.75) is 6.54 Å². The zero-order valence-electron chi connectivity index (χ0n) is 16.9. The molecule has 0 aliphatic carbocycles. The molecule has 5 rings (SSSR count). The summed E-state index contributed by atoms with van der Waals surface area (Å²) in [5.74, 6) is -0.541. The largest absolute Gasteiger partial charge is 0.478 e. The number of nitrogens with one attached hydrogen (secondary N) is 2. The first-order chi connectivity index (χ1) is 15.7. The van der Waals surface area contributed by atoms with E-state index in [4.69, 9.17) is 5.11 Å². The Morgan fingerprint density at radius 3 is 2.62 bits per heavy atom. The zero-order valence-corrected chi connectivity index (χ0v) is 16.9. The Labute approximate surface area is 183 Å². The summed E-state index contributed by atoms with van der Waals surface area (Å²) in [4.78, 5) is 15.6. The third kappa shape index (κ3) is 3.89. The van der Waals surface area contributed by atoms with Gasteiger partial charge in [0.1, 0.15) is 0 Å². The Morgan fingerprint density at radius 2 is 1.78 bits per heavy atom. The van der Waals surface area contributed by atoms with Crippen molar-refractivity contribution in [2.24, 2.45) is 0 Å². The van der Waals surface area contributed by atoms with Crippen molar-refractivity contribution >= 4 is 22.7 Å². The van der Waals surface area contributed by atoms with Crippen LogP contribution < -0.4 is 5.32 Å². The number of carboxylic acids is 1. The summed E-state index contributed by atoms with van der Waals surface area (Å²) < 4.78 is 0. The molecule has 0 fully saturated rings. The fourth-order valence-corrected chi connectivity index (χ4v) is 3.51. The van der Waals surface area contributed by atoms with Gasteiger partial charge in [-0.3, -0.25) is 5.10 Å². The number of hydrogen-bond acceptors (Lipinski definition) is 6. The molecule has 0 unspecified atom stereocenters. The minimum absolute atomic E-state index is 0.238. The number of rotatable bonds is 6. The summed E-state index contributed by atoms with van der Waals surface area (Å²) in [6.07, 6.45) is 1.65. The van der Waals surface area contributed by atoms with Crippen LogP contribution in [0.25, 0.3) is 33.3 Å². The zero-order chi connectivity index (χ0) is 21.9. The van der Waals surface area contributed by atoms with Gasteiger partial charge in [-0.2, -0.15) is 10.2 Å². The Kier molecular flexibility index (Phi) is 5.01. The lowest BCUT2D eigenvalue weighted by atomic mass is 10.0. The monoisotopic (exact) mass is 422 g/mol. The summed E-state index contributed by atoms with van der Waals surface area (Å²) in [6, 6.07) is 22.7. The van der Waals surface area contributed by atoms with E-state index in [0.717, 1.165) is 39.0 Å². The molecule has 3 N–H and O–H groups in total. The molecule has 0 spiro atoms. The van der Waals surface area contributed by atoms with Gasteiger partial charge in [0.2, 0.25) is 5.95 Å². The molecule has 156 valence electrons. The molecule has 32 heavy (non-hydrogen) atoms. The van der Waals surface area contributed by atoms with Crippen LogP contribution >= 0.6 is 0 Å². The third-order valence-corrected chi connectivity index (χ3v) is 5.12. The van der Waals surface area contributed by atoms with Crippen LogP contribution in [0.1, 0.15) is 16.1 Å². The molecular weight excluding hydrogens is 404 g/mol. The van der Waals surface area contributed by atoms with E-state index in [9.17, 15) is 4.79 Å². The average molecular weight is 422 g/mol. The summed E-state index contributed by atoms with van der Waals surface area (Å²) in [7, 11) is 0. The standard InChI is InChI=1S/C24H18N6O2/c31-23(32)17-10-8-16(9-11-17)21-12-18(28-29-21)13-25-24-27-22(14-26-30-24)20-7-3-5-15-4-1-2-6-19(15)20/h1-12,14H,13H2,(H,28,29)(H,31,32)(H,25,27,30). The van der Waals surface area contributed by atoms with Gasteiger partial charge in [-0.25, -0.2) is 9.78 Å². The topological polar surface area (TPSA) is 117 Å². The van der Waals surface area contributed by atoms with Crippen molar-refractivity contribution in [3.8, 4) is 22.5 Å². The van der Waals surface area contributed by atoms with Crippen molar-refractivity contribution in [3.63, 3.8) is 0 Å². The van der Waals surface area contributed by atoms with Crippen LogP contribution in [-0.4, -0.2) is 36.5 Å². The summed E-state index contributed by atoms with van der Waals surface area (Å²) in [6.45, 7) is 0.431. The molecule has 0 atom stereocenters. The fraction of sp³-hybridized carbons (Fsp3) is 0.0417. The lowest BCUT2D eigenvalue weighted by Gasteiger charge is -2.07. The van der Waals surface area contributed by atoms with E-state index in [1.54, 1.807) is 30.5 Å². The van der Waals surface area contributed by atoms with Gasteiger partial charge in [-0.05, 0) is 29.0 Å². The summed E-state index contributed by atoms with van der Waals surface area (Å²) in [5.41, 5.74) is 4.36. The fourth-order valence-electron chi connectivity index (χ4n) is 3.51. The van der Waals surface area contributed by atoms with E-state index in [-0.39, 0.29) is 5.56 Å². The molecule has 8 heteroatoms. The Bertz CT molecular complexity index is 1410. The number of aromatic amines is 1. The summed E-state index contributed by atoms with van der Waals surface area (Å²) >= 11 is 0. The predicted octanol–water partition coefficient (Wildman–Crippen LogP) is 4.39. The SMILES string of the molecule is O=C(O)c1ccc(-c2cc(CNc3nncc(-c4cccc5ccccc45)n3)[nH]n2)cc1. The molecule has 5 aromatic rings. The highest BCUT2D eigenvalue weighted by molar-refractivity contribution is 5.95. The Hall–Kier alpha value is -4.59. The molecule has 0 saturated heterocycles. The van der Waals surface area contributed by atoms with E-state index in [0.29, 0.717) is 12.5 Å². The maximum Gasteiger partial charge on any atom is 0.335 e. The van der Waals surface area contributed by atoms with E-state index >= 15 is 0 Å². The van der Waals surface area contributed by atoms with Crippen LogP contribution in [0.15, 0.2) is 79.0 Å². The smallest absolute Gasteiger partial charge is 0.335 e. The quantitative estimate of drug-likeness (QED) is 0.371. The Morgan fingerprint density at radius 1 is 0.969 bits per heavy atom. The molecule has 0 amide bonds. The second-order valence-corrected chi connectivity index (χ2v) is 7.21. The van der Waals surface area contributed by atoms with Gasteiger partial charge in [0.25, 0.3) is 0 Å². The maximum absolute atomic E-state index is 11.0. The van der Waals surface area contributed by atoms with E-state index < -0.39 is 5.97 Å². The van der Waals surface area contributed by atoms with Crippen LogP contribution in [0.5, 0.6) is 0 Å². The lowest BCUT2D eigenvalue weighted by Crippen LogP contribution is -2.05. The molecule has 8 nitrogen and oxygen atoms in total. The number of H-pyrrole nitrogens is 1. The highest BCUT2D eigenvalue weighted by atomic mass is 16.4. The molecular formula is C24H18N6O2. The van der Waals surface area contributed by atoms with Crippen molar-refractivity contribution in [3.05, 3.63) is 90.3 Å². The number of aromatic carboxylic acids is 1. The molecule has 0 saturated carbocycles. The number of fused-ring (bicyclic) bond motifs is 1. The van der Waals surface area contributed by atoms with Crippen LogP contribution in [0.4, 0.5) is 5.95 Å². The molecule has 0 aliphatic rings. The highest BCUT2D eigenvalue weighted by Crippen LogP contribution is 2.27. The van der Waals surface area contributed by atoms with Crippen molar-refractivity contribution in [1.29, 1.82) is 0 Å². The second-order valence-electron chi connectivity index (χ2n) is 7.21. The minimum atomic E-state index is -0.956. The molecule has 3 aromatic carbocycles. The molecule has 0 bridgehead atoms. The van der Waals surface area contributed by atoms with Crippen LogP contribution in [0.3, 0.4) is 0 Å². The number of hydrogen-bond donors (Lipinski definition) is 3. The average Bonchev–Trinajstić information content (AvgIpc) is 3.32. The lowest BCUT2D eigenvalue weighted by molar-refractivity contribution is 0.0697. The van der Waals surface area contributed by atoms with E-state index in [2.05, 4.69) is 48.9 Å². The van der Waals surface area contributed by atoms with Crippen LogP contribution in [0, 0.1) is 0 Å². The van der Waals surface area contributed by atoms with Gasteiger partial charge in [-0.1, -0.05) is 54.6 Å². The van der Waals surface area contributed by atoms with Gasteiger partial charge in [0, 0.05) is 11.1 Å². The van der Waals surface area contributed by atoms with Crippen LogP contribution in [0.2, 0.25) is 0 Å². The first-order valence-electron chi connectivity index (χ1n) is 9.97. The minimum Gasteiger partial charge on any atom is -0.478 e. The molecule has 2 aromatic heterocycles. The first kappa shape index (κ1) is 19.4. The number of carboxylic acid groups (broad SMARTS) is 1. The van der Waals surface area contributed by atoms with Gasteiger partial charge < -0.3 is 10.4 Å². The van der Waals surface area contributed by atoms with Crippen LogP contribution in [-0.2, 0) is 6.54 Å². The second kappa shape index (κ2) is 8.27. The maximum atomic E-state index is 11.0. The van der Waals surface area contributed by atoms with Gasteiger partial charge in [0.15, 0.2) is 0 Å². The molecule has 0 aliphatic heterocycles. The molecule has 2 heterocycles. The van der Waals surface area contributed by atoms with Gasteiger partial charge >= 0.3 is 5.97 Å². The molecule has 0 radical (unpaired) electrons. The van der Waals surface area contributed by atoms with E-state index in [1.807, 2.05) is 30.3 Å². The number of carbonyl (C=O) groups is 1. The van der Waals surface area contributed by atoms with Crippen molar-refractivity contribution in [2.75, 3.05) is 5.32 Å². The van der Waals surface area contributed by atoms with Gasteiger partial charge in [-0.15, -0.1) is 5.10 Å². The normalized spacial score (nSPS) is 10.9. The number of aromatic nitrogens is 5. The third-order valence-electron chi connectivity index (χ3n) is 5.12. The van der Waals surface area contributed by atoms with Crippen molar-refractivity contribution < 1.29 is 9.90 Å². The van der Waals surface area contributed by atoms with Crippen molar-refractivity contribution in [1.82, 2.24) is 25.4 Å². The van der Waals surface area contributed by atoms with E-state index in [1.165, 1.54) is 0 Å². The first-order valence-corrected chi connectivity index (χ1v) is 9.97. The Balaban J connectivity index is 1.32. The number of nitrogens with zero attached hydrogens (tertiary/aromatic N) is 4. The predicted molar refractivity (Wildman–Crippen MR) is 121 cm³/mol. The number of benzene rings is 3. The number of anilines is 1. The summed E-state index contributed by atoms with van der Waals surface area (Å²) in [5, 5.41) is 29.9.